The van der Waals surface area contributed by atoms with E-state index in [0.717, 1.165) is 22.1 Å². The lowest BCUT2D eigenvalue weighted by Crippen LogP contribution is -2.11. The van der Waals surface area contributed by atoms with Crippen molar-refractivity contribution in [1.29, 1.82) is 0 Å². The summed E-state index contributed by atoms with van der Waals surface area (Å²) >= 11 is 7.52. The number of phenols is 1. The number of carbonyl (C=O) groups is 1. The van der Waals surface area contributed by atoms with Gasteiger partial charge in [0.1, 0.15) is 5.75 Å². The van der Waals surface area contributed by atoms with Gasteiger partial charge in [-0.15, -0.1) is 11.8 Å². The minimum Gasteiger partial charge on any atom is -0.508 e. The van der Waals surface area contributed by atoms with Crippen LogP contribution in [0.4, 0.5) is 5.69 Å². The number of hydrogen-bond acceptors (Lipinski definition) is 3. The van der Waals surface area contributed by atoms with Gasteiger partial charge in [0.05, 0.1) is 0 Å². The van der Waals surface area contributed by atoms with Crippen LogP contribution in [-0.2, 0) is 4.79 Å². The minimum absolute atomic E-state index is 0.0442. The molecule has 0 aromatic heterocycles. The number of nitrogens with one attached hydrogen (secondary N) is 1. The quantitative estimate of drug-likeness (QED) is 0.606. The molecule has 0 unspecified atom stereocenters. The third-order valence-corrected chi connectivity index (χ3v) is 4.11. The summed E-state index contributed by atoms with van der Waals surface area (Å²) in [6.07, 6.45) is 1.24. The summed E-state index contributed by atoms with van der Waals surface area (Å²) in [5.74, 6) is 0.971. The molecule has 0 fully saturated rings. The molecule has 0 heterocycles. The van der Waals surface area contributed by atoms with Crippen molar-refractivity contribution in [2.24, 2.45) is 0 Å². The van der Waals surface area contributed by atoms with Crippen LogP contribution < -0.4 is 5.32 Å². The second kappa shape index (κ2) is 7.96. The van der Waals surface area contributed by atoms with Crippen LogP contribution in [-0.4, -0.2) is 16.8 Å². The first-order valence-corrected chi connectivity index (χ1v) is 7.97. The number of halogens is 1. The van der Waals surface area contributed by atoms with E-state index in [1.807, 2.05) is 24.3 Å². The molecule has 2 N–H and O–H groups in total. The van der Waals surface area contributed by atoms with Gasteiger partial charge in [0.2, 0.25) is 5.91 Å². The van der Waals surface area contributed by atoms with E-state index in [9.17, 15) is 9.90 Å². The molecule has 0 saturated heterocycles. The van der Waals surface area contributed by atoms with E-state index < -0.39 is 0 Å². The number of thioether (sulfide) groups is 1. The van der Waals surface area contributed by atoms with Gasteiger partial charge in [-0.2, -0.15) is 0 Å². The molecular formula is C16H16ClNO2S. The molecule has 21 heavy (non-hydrogen) atoms. The largest absolute Gasteiger partial charge is 0.508 e. The molecule has 0 spiro atoms. The second-order valence-corrected chi connectivity index (χ2v) is 6.11. The molecule has 2 aromatic carbocycles. The molecule has 3 nitrogen and oxygen atoms in total. The van der Waals surface area contributed by atoms with Gasteiger partial charge in [0.25, 0.3) is 0 Å². The zero-order valence-corrected chi connectivity index (χ0v) is 13.0. The number of phenolic OH excluding ortho intramolecular Hbond substituents is 1. The number of aromatic hydroxyl groups is 1. The summed E-state index contributed by atoms with van der Waals surface area (Å²) in [4.78, 5) is 12.9. The van der Waals surface area contributed by atoms with Crippen molar-refractivity contribution in [3.8, 4) is 5.75 Å². The molecule has 0 aliphatic rings. The van der Waals surface area contributed by atoms with Crippen LogP contribution in [0.15, 0.2) is 53.4 Å². The van der Waals surface area contributed by atoms with E-state index >= 15 is 0 Å². The highest BCUT2D eigenvalue weighted by Gasteiger charge is 2.03. The van der Waals surface area contributed by atoms with Gasteiger partial charge < -0.3 is 10.4 Å². The second-order valence-electron chi connectivity index (χ2n) is 4.50. The average molecular weight is 322 g/mol. The van der Waals surface area contributed by atoms with Gasteiger partial charge >= 0.3 is 0 Å². The smallest absolute Gasteiger partial charge is 0.224 e. The molecule has 110 valence electrons. The highest BCUT2D eigenvalue weighted by atomic mass is 35.5. The molecule has 0 atom stereocenters. The van der Waals surface area contributed by atoms with E-state index in [1.54, 1.807) is 30.0 Å². The fraction of sp³-hybridized carbons (Fsp3) is 0.188. The van der Waals surface area contributed by atoms with Crippen molar-refractivity contribution in [3.63, 3.8) is 0 Å². The molecule has 0 bridgehead atoms. The number of benzene rings is 2. The zero-order chi connectivity index (χ0) is 15.1. The van der Waals surface area contributed by atoms with Crippen molar-refractivity contribution >= 4 is 35.0 Å². The Hall–Kier alpha value is -1.65. The summed E-state index contributed by atoms with van der Waals surface area (Å²) in [6.45, 7) is 0. The highest BCUT2D eigenvalue weighted by molar-refractivity contribution is 7.99. The van der Waals surface area contributed by atoms with Crippen LogP contribution in [0.2, 0.25) is 5.02 Å². The zero-order valence-electron chi connectivity index (χ0n) is 11.4. The first-order chi connectivity index (χ1) is 10.1. The van der Waals surface area contributed by atoms with Gasteiger partial charge in [-0.3, -0.25) is 4.79 Å². The minimum atomic E-state index is -0.0442. The maximum Gasteiger partial charge on any atom is 0.224 e. The highest BCUT2D eigenvalue weighted by Crippen LogP contribution is 2.21. The molecular weight excluding hydrogens is 306 g/mol. The fourth-order valence-corrected chi connectivity index (χ4v) is 2.74. The topological polar surface area (TPSA) is 49.3 Å². The van der Waals surface area contributed by atoms with Gasteiger partial charge in [0, 0.05) is 28.1 Å². The van der Waals surface area contributed by atoms with Crippen LogP contribution in [0.25, 0.3) is 0 Å². The Bertz CT molecular complexity index is 601. The Labute approximate surface area is 133 Å². The van der Waals surface area contributed by atoms with Crippen molar-refractivity contribution in [3.05, 3.63) is 53.6 Å². The lowest BCUT2D eigenvalue weighted by Gasteiger charge is -2.05. The SMILES string of the molecule is O=C(CCCSc1ccc(Cl)cc1)Nc1cccc(O)c1. The van der Waals surface area contributed by atoms with Crippen LogP contribution in [0.3, 0.4) is 0 Å². The van der Waals surface area contributed by atoms with E-state index in [0.29, 0.717) is 12.1 Å². The standard InChI is InChI=1S/C16H16ClNO2S/c17-12-6-8-15(9-7-12)21-10-2-5-16(20)18-13-3-1-4-14(19)11-13/h1,3-4,6-9,11,19H,2,5,10H2,(H,18,20). The van der Waals surface area contributed by atoms with Gasteiger partial charge in [-0.25, -0.2) is 0 Å². The predicted octanol–water partition coefficient (Wildman–Crippen LogP) is 4.56. The fourth-order valence-electron chi connectivity index (χ4n) is 1.76. The van der Waals surface area contributed by atoms with Crippen molar-refractivity contribution in [2.75, 3.05) is 11.1 Å². The summed E-state index contributed by atoms with van der Waals surface area (Å²) < 4.78 is 0. The van der Waals surface area contributed by atoms with Crippen molar-refractivity contribution in [1.82, 2.24) is 0 Å². The number of carbonyl (C=O) groups excluding carboxylic acids is 1. The van der Waals surface area contributed by atoms with Gasteiger partial charge in [-0.05, 0) is 48.6 Å². The number of rotatable bonds is 6. The van der Waals surface area contributed by atoms with Gasteiger partial charge in [0.15, 0.2) is 0 Å². The summed E-state index contributed by atoms with van der Waals surface area (Å²) in [5, 5.41) is 12.8. The van der Waals surface area contributed by atoms with Crippen LogP contribution in [0.1, 0.15) is 12.8 Å². The number of anilines is 1. The average Bonchev–Trinajstić information content (AvgIpc) is 2.45. The van der Waals surface area contributed by atoms with Crippen molar-refractivity contribution in [2.45, 2.75) is 17.7 Å². The summed E-state index contributed by atoms with van der Waals surface area (Å²) in [7, 11) is 0. The monoisotopic (exact) mass is 321 g/mol. The maximum absolute atomic E-state index is 11.8. The number of amides is 1. The van der Waals surface area contributed by atoms with Gasteiger partial charge in [-0.1, -0.05) is 17.7 Å². The Morgan fingerprint density at radius 3 is 2.67 bits per heavy atom. The molecule has 2 aromatic rings. The Balaban J connectivity index is 1.68. The maximum atomic E-state index is 11.8. The normalized spacial score (nSPS) is 10.3. The first kappa shape index (κ1) is 15.7. The van der Waals surface area contributed by atoms with Crippen LogP contribution in [0, 0.1) is 0 Å². The molecule has 1 amide bonds. The van der Waals surface area contributed by atoms with E-state index in [1.165, 1.54) is 6.07 Å². The third kappa shape index (κ3) is 5.69. The molecule has 2 rings (SSSR count). The van der Waals surface area contributed by atoms with E-state index in [2.05, 4.69) is 5.32 Å². The Morgan fingerprint density at radius 2 is 1.95 bits per heavy atom. The van der Waals surface area contributed by atoms with E-state index in [4.69, 9.17) is 11.6 Å². The lowest BCUT2D eigenvalue weighted by molar-refractivity contribution is -0.116. The molecule has 0 saturated carbocycles. The summed E-state index contributed by atoms with van der Waals surface area (Å²) in [6, 6.07) is 14.2. The molecule has 5 heteroatoms. The Morgan fingerprint density at radius 1 is 1.19 bits per heavy atom. The van der Waals surface area contributed by atoms with Crippen LogP contribution >= 0.6 is 23.4 Å². The lowest BCUT2D eigenvalue weighted by atomic mass is 10.2. The van der Waals surface area contributed by atoms with E-state index in [-0.39, 0.29) is 11.7 Å². The molecule has 0 radical (unpaired) electrons. The third-order valence-electron chi connectivity index (χ3n) is 2.76. The number of hydrogen-bond donors (Lipinski definition) is 2. The molecule has 0 aliphatic heterocycles. The molecule has 0 aliphatic carbocycles. The Kier molecular flexibility index (Phi) is 5.96. The first-order valence-electron chi connectivity index (χ1n) is 6.61. The van der Waals surface area contributed by atoms with Crippen molar-refractivity contribution < 1.29 is 9.90 Å². The summed E-state index contributed by atoms with van der Waals surface area (Å²) in [5.41, 5.74) is 0.616. The van der Waals surface area contributed by atoms with Crippen LogP contribution in [0.5, 0.6) is 5.75 Å². The predicted molar refractivity (Wildman–Crippen MR) is 88.1 cm³/mol.